The van der Waals surface area contributed by atoms with Crippen LogP contribution in [0.2, 0.25) is 0 Å². The molecule has 0 radical (unpaired) electrons. The first-order valence-corrected chi connectivity index (χ1v) is 7.78. The lowest BCUT2D eigenvalue weighted by Gasteiger charge is -2.31. The second-order valence-electron chi connectivity index (χ2n) is 5.76. The molecule has 6 nitrogen and oxygen atoms in total. The van der Waals surface area contributed by atoms with Crippen LogP contribution in [0, 0.1) is 5.82 Å². The van der Waals surface area contributed by atoms with Crippen molar-refractivity contribution in [3.05, 3.63) is 60.2 Å². The molecule has 0 N–H and O–H groups in total. The minimum absolute atomic E-state index is 0.170. The van der Waals surface area contributed by atoms with E-state index in [1.54, 1.807) is 41.4 Å². The van der Waals surface area contributed by atoms with Gasteiger partial charge < -0.3 is 9.26 Å². The number of benzene rings is 1. The molecule has 1 aromatic carbocycles. The number of amides is 1. The van der Waals surface area contributed by atoms with Gasteiger partial charge in [0.1, 0.15) is 17.6 Å². The highest BCUT2D eigenvalue weighted by atomic mass is 19.1. The van der Waals surface area contributed by atoms with Gasteiger partial charge in [-0.2, -0.15) is 0 Å². The van der Waals surface area contributed by atoms with E-state index in [0.717, 1.165) is 0 Å². The smallest absolute Gasteiger partial charge is 0.280 e. The number of nitrogens with zero attached hydrogens (tertiary/aromatic N) is 3. The van der Waals surface area contributed by atoms with Crippen LogP contribution in [0.4, 0.5) is 10.1 Å². The summed E-state index contributed by atoms with van der Waals surface area (Å²) in [6.07, 6.45) is 1.43. The molecule has 0 aliphatic carbocycles. The molecule has 1 atom stereocenters. The number of pyridine rings is 1. The first-order chi connectivity index (χ1) is 12.1. The zero-order valence-corrected chi connectivity index (χ0v) is 13.3. The summed E-state index contributed by atoms with van der Waals surface area (Å²) < 4.78 is 23.9. The highest BCUT2D eigenvalue weighted by molar-refractivity contribution is 6.06. The summed E-state index contributed by atoms with van der Waals surface area (Å²) in [6.45, 7) is 2.25. The van der Waals surface area contributed by atoms with Crippen molar-refractivity contribution in [2.24, 2.45) is 0 Å². The highest BCUT2D eigenvalue weighted by Crippen LogP contribution is 2.32. The molecule has 1 amide bonds. The Morgan fingerprint density at radius 2 is 2.08 bits per heavy atom. The Balaban J connectivity index is 1.65. The number of carbonyl (C=O) groups excluding carboxylic acids is 1. The monoisotopic (exact) mass is 339 g/mol. The minimum Gasteiger partial charge on any atom is -0.471 e. The number of rotatable bonds is 2. The first kappa shape index (κ1) is 15.3. The summed E-state index contributed by atoms with van der Waals surface area (Å²) in [4.78, 5) is 18.6. The molecule has 0 saturated heterocycles. The number of anilines is 1. The van der Waals surface area contributed by atoms with Crippen LogP contribution in [0.1, 0.15) is 17.4 Å². The molecule has 2 aromatic heterocycles. The van der Waals surface area contributed by atoms with Crippen molar-refractivity contribution in [2.45, 2.75) is 13.0 Å². The second kappa shape index (κ2) is 6.01. The minimum atomic E-state index is -0.342. The number of fused-ring (bicyclic) bond motifs is 1. The molecule has 1 aliphatic heterocycles. The quantitative estimate of drug-likeness (QED) is 0.716. The number of halogens is 1. The van der Waals surface area contributed by atoms with Gasteiger partial charge in [-0.3, -0.25) is 9.69 Å². The van der Waals surface area contributed by atoms with E-state index in [4.69, 9.17) is 9.26 Å². The van der Waals surface area contributed by atoms with Crippen LogP contribution >= 0.6 is 0 Å². The average molecular weight is 339 g/mol. The van der Waals surface area contributed by atoms with Crippen molar-refractivity contribution in [3.8, 4) is 17.2 Å². The Kier molecular flexibility index (Phi) is 3.68. The maximum Gasteiger partial charge on any atom is 0.280 e. The van der Waals surface area contributed by atoms with Gasteiger partial charge in [0.25, 0.3) is 5.91 Å². The van der Waals surface area contributed by atoms with Crippen molar-refractivity contribution >= 4 is 11.6 Å². The molecule has 3 aromatic rings. The Morgan fingerprint density at radius 3 is 2.88 bits per heavy atom. The van der Waals surface area contributed by atoms with Gasteiger partial charge in [-0.1, -0.05) is 5.16 Å². The Hall–Kier alpha value is -3.22. The number of hydrogen-bond acceptors (Lipinski definition) is 5. The number of carbonyl (C=O) groups is 1. The number of ether oxygens (including phenoxy) is 1. The molecule has 25 heavy (non-hydrogen) atoms. The van der Waals surface area contributed by atoms with E-state index in [-0.39, 0.29) is 23.5 Å². The van der Waals surface area contributed by atoms with Crippen LogP contribution < -0.4 is 9.64 Å². The fourth-order valence-electron chi connectivity index (χ4n) is 2.72. The molecule has 0 saturated carbocycles. The number of hydrogen-bond donors (Lipinski definition) is 0. The summed E-state index contributed by atoms with van der Waals surface area (Å²) in [6, 6.07) is 10.8. The third-order valence-electron chi connectivity index (χ3n) is 3.90. The summed E-state index contributed by atoms with van der Waals surface area (Å²) in [7, 11) is 0. The van der Waals surface area contributed by atoms with Crippen LogP contribution in [-0.2, 0) is 0 Å². The summed E-state index contributed by atoms with van der Waals surface area (Å²) in [5.74, 6) is 0.167. The van der Waals surface area contributed by atoms with Crippen molar-refractivity contribution in [1.29, 1.82) is 0 Å². The van der Waals surface area contributed by atoms with Crippen LogP contribution in [0.15, 0.2) is 53.2 Å². The fourth-order valence-corrected chi connectivity index (χ4v) is 2.72. The molecule has 0 spiro atoms. The molecule has 4 rings (SSSR count). The Labute approximate surface area is 142 Å². The van der Waals surface area contributed by atoms with E-state index in [1.165, 1.54) is 12.1 Å². The largest absolute Gasteiger partial charge is 0.471 e. The first-order valence-electron chi connectivity index (χ1n) is 7.78. The van der Waals surface area contributed by atoms with E-state index in [1.807, 2.05) is 6.92 Å². The molecule has 1 aliphatic rings. The van der Waals surface area contributed by atoms with Gasteiger partial charge in [-0.25, -0.2) is 9.37 Å². The van der Waals surface area contributed by atoms with Gasteiger partial charge in [0.15, 0.2) is 11.5 Å². The topological polar surface area (TPSA) is 68.5 Å². The van der Waals surface area contributed by atoms with Gasteiger partial charge in [0.2, 0.25) is 5.88 Å². The van der Waals surface area contributed by atoms with E-state index in [9.17, 15) is 9.18 Å². The van der Waals surface area contributed by atoms with Crippen molar-refractivity contribution in [1.82, 2.24) is 10.1 Å². The van der Waals surface area contributed by atoms with Gasteiger partial charge in [0.05, 0.1) is 6.54 Å². The molecule has 126 valence electrons. The standard InChI is InChI=1S/C18H14FN3O3/c1-11-10-22(15-3-2-8-20-17(15)24-11)18(23)14-9-16(25-21-14)12-4-6-13(19)7-5-12/h2-9,11H,10H2,1H3/t11-/m0/s1. The van der Waals surface area contributed by atoms with Crippen LogP contribution in [0.5, 0.6) is 5.88 Å². The van der Waals surface area contributed by atoms with E-state index in [2.05, 4.69) is 10.1 Å². The second-order valence-corrected chi connectivity index (χ2v) is 5.76. The third kappa shape index (κ3) is 2.84. The predicted octanol–water partition coefficient (Wildman–Crippen LogP) is 3.30. The van der Waals surface area contributed by atoms with Gasteiger partial charge in [-0.05, 0) is 43.3 Å². The molecular formula is C18H14FN3O3. The molecule has 0 unspecified atom stereocenters. The Bertz CT molecular complexity index is 923. The molecule has 0 fully saturated rings. The van der Waals surface area contributed by atoms with E-state index in [0.29, 0.717) is 29.4 Å². The maximum atomic E-state index is 13.0. The van der Waals surface area contributed by atoms with Crippen LogP contribution in [0.3, 0.4) is 0 Å². The van der Waals surface area contributed by atoms with E-state index < -0.39 is 0 Å². The van der Waals surface area contributed by atoms with Gasteiger partial charge >= 0.3 is 0 Å². The summed E-state index contributed by atoms with van der Waals surface area (Å²) in [5.41, 5.74) is 1.41. The van der Waals surface area contributed by atoms with Crippen molar-refractivity contribution in [2.75, 3.05) is 11.4 Å². The van der Waals surface area contributed by atoms with Crippen LogP contribution in [0.25, 0.3) is 11.3 Å². The van der Waals surface area contributed by atoms with Gasteiger partial charge in [-0.15, -0.1) is 0 Å². The third-order valence-corrected chi connectivity index (χ3v) is 3.90. The van der Waals surface area contributed by atoms with Crippen molar-refractivity contribution < 1.29 is 18.4 Å². The zero-order chi connectivity index (χ0) is 17.4. The predicted molar refractivity (Wildman–Crippen MR) is 87.9 cm³/mol. The fraction of sp³-hybridized carbons (Fsp3) is 0.167. The number of aromatic nitrogens is 2. The molecular weight excluding hydrogens is 325 g/mol. The lowest BCUT2D eigenvalue weighted by molar-refractivity contribution is 0.0950. The van der Waals surface area contributed by atoms with Crippen molar-refractivity contribution in [3.63, 3.8) is 0 Å². The lowest BCUT2D eigenvalue weighted by atomic mass is 10.1. The van der Waals surface area contributed by atoms with Gasteiger partial charge in [0, 0.05) is 17.8 Å². The highest BCUT2D eigenvalue weighted by Gasteiger charge is 2.30. The SMILES string of the molecule is C[C@H]1CN(C(=O)c2cc(-c3ccc(F)cc3)on2)c2cccnc2O1. The molecule has 7 heteroatoms. The average Bonchev–Trinajstić information content (AvgIpc) is 3.11. The van der Waals surface area contributed by atoms with E-state index >= 15 is 0 Å². The molecule has 3 heterocycles. The summed E-state index contributed by atoms with van der Waals surface area (Å²) in [5, 5.41) is 3.87. The maximum absolute atomic E-state index is 13.0. The normalized spacial score (nSPS) is 16.2. The summed E-state index contributed by atoms with van der Waals surface area (Å²) >= 11 is 0. The van der Waals surface area contributed by atoms with Crippen LogP contribution in [-0.4, -0.2) is 28.7 Å². The Morgan fingerprint density at radius 1 is 1.28 bits per heavy atom. The lowest BCUT2D eigenvalue weighted by Crippen LogP contribution is -2.42. The zero-order valence-electron chi connectivity index (χ0n) is 13.3. The molecule has 0 bridgehead atoms.